The van der Waals surface area contributed by atoms with Gasteiger partial charge < -0.3 is 10.3 Å². The molecule has 0 bridgehead atoms. The third-order valence-corrected chi connectivity index (χ3v) is 6.88. The Morgan fingerprint density at radius 3 is 2.61 bits per heavy atom. The maximum atomic E-state index is 11.8. The average Bonchev–Trinajstić information content (AvgIpc) is 3.23. The van der Waals surface area contributed by atoms with E-state index in [1.165, 1.54) is 10.6 Å². The van der Waals surface area contributed by atoms with Crippen molar-refractivity contribution in [1.29, 1.82) is 0 Å². The number of anilines is 2. The quantitative estimate of drug-likeness (QED) is 0.616. The topological polar surface area (TPSA) is 116 Å². The van der Waals surface area contributed by atoms with Gasteiger partial charge in [-0.3, -0.25) is 9.97 Å². The second-order valence-electron chi connectivity index (χ2n) is 7.55. The summed E-state index contributed by atoms with van der Waals surface area (Å²) in [6.45, 7) is 2.08. The minimum atomic E-state index is -3.17. The van der Waals surface area contributed by atoms with Gasteiger partial charge in [0.25, 0.3) is 0 Å². The molecule has 1 saturated heterocycles. The second kappa shape index (κ2) is 7.84. The fraction of sp³-hybridized carbons (Fsp3) is 0.300. The van der Waals surface area contributed by atoms with Crippen LogP contribution in [0.5, 0.6) is 0 Å². The highest BCUT2D eigenvalue weighted by molar-refractivity contribution is 7.88. The number of piperazine rings is 1. The molecule has 2 N–H and O–H groups in total. The zero-order valence-electron chi connectivity index (χ0n) is 16.9. The molecule has 2 aliphatic heterocycles. The van der Waals surface area contributed by atoms with Gasteiger partial charge in [-0.05, 0) is 12.1 Å². The summed E-state index contributed by atoms with van der Waals surface area (Å²) in [5.41, 5.74) is 11.2. The number of aromatic nitrogens is 4. The number of nitrogens with zero attached hydrogens (tertiary/aromatic N) is 6. The third-order valence-electron chi connectivity index (χ3n) is 5.57. The smallest absolute Gasteiger partial charge is 0.211 e. The molecule has 4 heterocycles. The number of fused-ring (bicyclic) bond motifs is 1. The molecule has 11 heteroatoms. The van der Waals surface area contributed by atoms with Crippen LogP contribution in [0.3, 0.4) is 0 Å². The predicted octanol–water partition coefficient (Wildman–Crippen LogP) is 1.03. The Balaban J connectivity index is 1.40. The van der Waals surface area contributed by atoms with Crippen molar-refractivity contribution in [2.24, 2.45) is 0 Å². The molecule has 31 heavy (non-hydrogen) atoms. The van der Waals surface area contributed by atoms with Gasteiger partial charge in [-0.25, -0.2) is 23.8 Å². The van der Waals surface area contributed by atoms with Crippen LogP contribution in [0, 0.1) is 0 Å². The third kappa shape index (κ3) is 3.94. The second-order valence-corrected chi connectivity index (χ2v) is 9.53. The Hall–Kier alpha value is -3.15. The molecule has 0 aliphatic carbocycles. The number of hydrogen-bond acceptors (Lipinski definition) is 9. The van der Waals surface area contributed by atoms with Crippen LogP contribution in [0.4, 0.5) is 11.5 Å². The lowest BCUT2D eigenvalue weighted by molar-refractivity contribution is 0.387. The monoisotopic (exact) mass is 438 g/mol. The molecule has 3 aromatic rings. The van der Waals surface area contributed by atoms with Crippen LogP contribution >= 0.6 is 0 Å². The molecule has 1 atom stereocenters. The number of hydrazine groups is 1. The molecule has 10 nitrogen and oxygen atoms in total. The van der Waals surface area contributed by atoms with Gasteiger partial charge >= 0.3 is 0 Å². The molecule has 1 aromatic carbocycles. The normalized spacial score (nSPS) is 19.1. The number of benzene rings is 1. The van der Waals surface area contributed by atoms with Crippen molar-refractivity contribution in [3.05, 3.63) is 60.4 Å². The van der Waals surface area contributed by atoms with E-state index in [9.17, 15) is 8.42 Å². The van der Waals surface area contributed by atoms with Crippen molar-refractivity contribution in [2.45, 2.75) is 6.04 Å². The van der Waals surface area contributed by atoms with Crippen molar-refractivity contribution >= 4 is 21.5 Å². The summed E-state index contributed by atoms with van der Waals surface area (Å²) in [6, 6.07) is 7.92. The Kier molecular flexibility index (Phi) is 5.00. The van der Waals surface area contributed by atoms with Crippen LogP contribution in [0.25, 0.3) is 11.3 Å². The Labute approximate surface area is 180 Å². The summed E-state index contributed by atoms with van der Waals surface area (Å²) in [4.78, 5) is 19.6. The molecule has 5 rings (SSSR count). The van der Waals surface area contributed by atoms with Gasteiger partial charge in [-0.2, -0.15) is 4.31 Å². The summed E-state index contributed by atoms with van der Waals surface area (Å²) in [5, 5.41) is 0. The molecular weight excluding hydrogens is 416 g/mol. The first-order valence-corrected chi connectivity index (χ1v) is 11.8. The highest BCUT2D eigenvalue weighted by Gasteiger charge is 2.28. The van der Waals surface area contributed by atoms with Crippen LogP contribution < -0.4 is 15.8 Å². The van der Waals surface area contributed by atoms with E-state index < -0.39 is 10.0 Å². The zero-order chi connectivity index (χ0) is 21.4. The van der Waals surface area contributed by atoms with Gasteiger partial charge in [-0.15, -0.1) is 0 Å². The van der Waals surface area contributed by atoms with E-state index in [-0.39, 0.29) is 6.04 Å². The lowest BCUT2D eigenvalue weighted by Gasteiger charge is -2.34. The molecule has 0 spiro atoms. The van der Waals surface area contributed by atoms with Crippen LogP contribution in [0.15, 0.2) is 49.2 Å². The standard InChI is InChI=1S/C20H22N8O2S/c1-31(29,30)28-8-6-27(7-9-28)19-11-17(23-13-24-19)20-15-10-14(2-3-16(15)25-26-20)18-12-21-4-5-22-18/h2-5,10-13,20,25-26H,6-9H2,1H3. The van der Waals surface area contributed by atoms with E-state index >= 15 is 0 Å². The number of nitrogens with one attached hydrogen (secondary N) is 2. The molecule has 0 amide bonds. The highest BCUT2D eigenvalue weighted by Crippen LogP contribution is 2.35. The van der Waals surface area contributed by atoms with Crippen LogP contribution in [0.1, 0.15) is 17.3 Å². The predicted molar refractivity (Wildman–Crippen MR) is 117 cm³/mol. The minimum Gasteiger partial charge on any atom is -0.354 e. The lowest BCUT2D eigenvalue weighted by Crippen LogP contribution is -2.48. The first-order valence-electron chi connectivity index (χ1n) is 9.93. The number of sulfonamides is 1. The molecular formula is C20H22N8O2S. The fourth-order valence-electron chi connectivity index (χ4n) is 3.92. The fourth-order valence-corrected chi connectivity index (χ4v) is 4.75. The highest BCUT2D eigenvalue weighted by atomic mass is 32.2. The Morgan fingerprint density at radius 2 is 1.87 bits per heavy atom. The van der Waals surface area contributed by atoms with Gasteiger partial charge in [0.1, 0.15) is 12.1 Å². The first kappa shape index (κ1) is 19.8. The maximum Gasteiger partial charge on any atom is 0.211 e. The van der Waals surface area contributed by atoms with Gasteiger partial charge in [0.2, 0.25) is 10.0 Å². The van der Waals surface area contributed by atoms with Crippen LogP contribution in [-0.4, -0.2) is 65.1 Å². The maximum absolute atomic E-state index is 11.8. The van der Waals surface area contributed by atoms with Gasteiger partial charge in [0, 0.05) is 55.8 Å². The molecule has 0 radical (unpaired) electrons. The van der Waals surface area contributed by atoms with Crippen molar-refractivity contribution in [3.63, 3.8) is 0 Å². The summed E-state index contributed by atoms with van der Waals surface area (Å²) >= 11 is 0. The molecule has 2 aromatic heterocycles. The van der Waals surface area contributed by atoms with Gasteiger partial charge in [0.15, 0.2) is 0 Å². The van der Waals surface area contributed by atoms with E-state index in [4.69, 9.17) is 0 Å². The summed E-state index contributed by atoms with van der Waals surface area (Å²) in [5.74, 6) is 0.790. The van der Waals surface area contributed by atoms with Crippen molar-refractivity contribution < 1.29 is 8.42 Å². The largest absolute Gasteiger partial charge is 0.354 e. The molecule has 160 valence electrons. The van der Waals surface area contributed by atoms with Crippen molar-refractivity contribution in [3.8, 4) is 11.3 Å². The summed E-state index contributed by atoms with van der Waals surface area (Å²) < 4.78 is 25.0. The van der Waals surface area contributed by atoms with Crippen LogP contribution in [0.2, 0.25) is 0 Å². The van der Waals surface area contributed by atoms with E-state index in [0.29, 0.717) is 26.2 Å². The lowest BCUT2D eigenvalue weighted by atomic mass is 10.00. The van der Waals surface area contributed by atoms with Crippen molar-refractivity contribution in [1.82, 2.24) is 29.7 Å². The summed E-state index contributed by atoms with van der Waals surface area (Å²) in [6.07, 6.45) is 7.87. The summed E-state index contributed by atoms with van der Waals surface area (Å²) in [7, 11) is -3.17. The van der Waals surface area contributed by atoms with Crippen molar-refractivity contribution in [2.75, 3.05) is 42.8 Å². The minimum absolute atomic E-state index is 0.148. The molecule has 1 fully saturated rings. The Bertz CT molecular complexity index is 1200. The Morgan fingerprint density at radius 1 is 1.03 bits per heavy atom. The molecule has 2 aliphatic rings. The van der Waals surface area contributed by atoms with E-state index in [2.05, 4.69) is 41.8 Å². The molecule has 0 saturated carbocycles. The van der Waals surface area contributed by atoms with Crippen LogP contribution in [-0.2, 0) is 10.0 Å². The SMILES string of the molecule is CS(=O)(=O)N1CCN(c2cc(C3NNc4ccc(-c5cnccn5)cc43)ncn2)CC1. The van der Waals surface area contributed by atoms with Gasteiger partial charge in [-0.1, -0.05) is 6.07 Å². The van der Waals surface area contributed by atoms with Gasteiger partial charge in [0.05, 0.1) is 35.6 Å². The molecule has 1 unspecified atom stereocenters. The van der Waals surface area contributed by atoms with E-state index in [1.807, 2.05) is 18.2 Å². The van der Waals surface area contributed by atoms with E-state index in [0.717, 1.165) is 34.0 Å². The average molecular weight is 439 g/mol. The first-order chi connectivity index (χ1) is 15.0. The number of hydrogen-bond donors (Lipinski definition) is 2. The number of rotatable bonds is 4. The van der Waals surface area contributed by atoms with E-state index in [1.54, 1.807) is 24.9 Å². The zero-order valence-corrected chi connectivity index (χ0v) is 17.7.